The summed E-state index contributed by atoms with van der Waals surface area (Å²) in [4.78, 5) is 7.17. The monoisotopic (exact) mass is 559 g/mol. The zero-order chi connectivity index (χ0) is 27.9. The third-order valence-electron chi connectivity index (χ3n) is 9.72. The van der Waals surface area contributed by atoms with E-state index in [9.17, 15) is 0 Å². The van der Waals surface area contributed by atoms with Crippen LogP contribution in [0.1, 0.15) is 49.6 Å². The first-order chi connectivity index (χ1) is 20.7. The maximum absolute atomic E-state index is 7.56. The van der Waals surface area contributed by atoms with E-state index in [-0.39, 0.29) is 5.41 Å². The number of nitrogens with two attached hydrogens (primary N) is 1. The topological polar surface area (TPSA) is 50.9 Å². The van der Waals surface area contributed by atoms with Gasteiger partial charge in [0.1, 0.15) is 0 Å². The van der Waals surface area contributed by atoms with Gasteiger partial charge in [-0.15, -0.1) is 11.3 Å². The Balaban J connectivity index is 1.38. The molecule has 3 aromatic carbocycles. The van der Waals surface area contributed by atoms with Crippen LogP contribution in [0.15, 0.2) is 121 Å². The first-order valence-electron chi connectivity index (χ1n) is 14.7. The van der Waals surface area contributed by atoms with Crippen molar-refractivity contribution in [2.45, 2.75) is 23.8 Å². The van der Waals surface area contributed by atoms with E-state index in [2.05, 4.69) is 113 Å². The quantitative estimate of drug-likeness (QED) is 0.233. The van der Waals surface area contributed by atoms with Crippen molar-refractivity contribution in [2.24, 2.45) is 5.73 Å². The molecule has 0 amide bonds. The van der Waals surface area contributed by atoms with Gasteiger partial charge in [0, 0.05) is 34.3 Å². The average Bonchev–Trinajstić information content (AvgIpc) is 3.68. The number of nitrogens with one attached hydrogen (secondary N) is 1. The Morgan fingerprint density at radius 3 is 2.29 bits per heavy atom. The number of allylic oxidation sites excluding steroid dienone is 1. The summed E-state index contributed by atoms with van der Waals surface area (Å²) in [6.07, 6.45) is 16.8. The molecule has 3 aliphatic carbocycles. The van der Waals surface area contributed by atoms with E-state index in [1.807, 2.05) is 29.9 Å². The molecule has 0 saturated carbocycles. The molecule has 1 unspecified atom stereocenters. The van der Waals surface area contributed by atoms with E-state index in [4.69, 9.17) is 5.73 Å². The third-order valence-corrected chi connectivity index (χ3v) is 11.0. The predicted molar refractivity (Wildman–Crippen MR) is 172 cm³/mol. The SMILES string of the molecule is NC(C1=CCNC=C1)(c1ccncc1)c1ccc2c(c1)-c1c(sc3c1CCC=C3)C21c2ccccc2-c2ccccc21. The molecule has 3 N–H and O–H groups in total. The largest absolute Gasteiger partial charge is 0.387 e. The van der Waals surface area contributed by atoms with Gasteiger partial charge in [0.15, 0.2) is 0 Å². The molecule has 4 aliphatic rings. The molecule has 5 aromatic rings. The minimum absolute atomic E-state index is 0.325. The Morgan fingerprint density at radius 1 is 0.810 bits per heavy atom. The molecule has 0 fully saturated rings. The van der Waals surface area contributed by atoms with Crippen LogP contribution in [0.4, 0.5) is 0 Å². The summed E-state index contributed by atoms with van der Waals surface area (Å²) < 4.78 is 0. The van der Waals surface area contributed by atoms with Crippen LogP contribution < -0.4 is 11.1 Å². The Labute approximate surface area is 249 Å². The van der Waals surface area contributed by atoms with Crippen molar-refractivity contribution in [1.29, 1.82) is 0 Å². The molecule has 4 heteroatoms. The lowest BCUT2D eigenvalue weighted by atomic mass is 9.72. The number of pyridine rings is 1. The van der Waals surface area contributed by atoms with Crippen LogP contribution in [0.25, 0.3) is 28.3 Å². The summed E-state index contributed by atoms with van der Waals surface area (Å²) in [5.41, 5.74) is 20.7. The van der Waals surface area contributed by atoms with Crippen molar-refractivity contribution >= 4 is 17.4 Å². The van der Waals surface area contributed by atoms with Crippen LogP contribution in [-0.4, -0.2) is 11.5 Å². The van der Waals surface area contributed by atoms with Crippen LogP contribution in [-0.2, 0) is 17.4 Å². The van der Waals surface area contributed by atoms with Crippen LogP contribution in [0.2, 0.25) is 0 Å². The normalized spacial score (nSPS) is 17.9. The summed E-state index contributed by atoms with van der Waals surface area (Å²) in [7, 11) is 0. The van der Waals surface area contributed by atoms with Gasteiger partial charge < -0.3 is 11.1 Å². The number of thiophene rings is 1. The van der Waals surface area contributed by atoms with Gasteiger partial charge in [0.05, 0.1) is 11.0 Å². The number of benzene rings is 3. The van der Waals surface area contributed by atoms with E-state index in [0.717, 1.165) is 36.1 Å². The molecular weight excluding hydrogens is 531 g/mol. The van der Waals surface area contributed by atoms with Crippen LogP contribution in [0, 0.1) is 0 Å². The molecule has 1 aliphatic heterocycles. The zero-order valence-electron chi connectivity index (χ0n) is 23.1. The predicted octanol–water partition coefficient (Wildman–Crippen LogP) is 7.69. The maximum atomic E-state index is 7.56. The molecule has 0 saturated heterocycles. The van der Waals surface area contributed by atoms with E-state index in [0.29, 0.717) is 0 Å². The van der Waals surface area contributed by atoms with Crippen molar-refractivity contribution in [1.82, 2.24) is 10.3 Å². The number of hydrogen-bond donors (Lipinski definition) is 2. The molecule has 9 rings (SSSR count). The van der Waals surface area contributed by atoms with Gasteiger partial charge in [-0.05, 0) is 105 Å². The van der Waals surface area contributed by atoms with E-state index < -0.39 is 5.54 Å². The van der Waals surface area contributed by atoms with Crippen LogP contribution in [0.5, 0.6) is 0 Å². The Bertz CT molecular complexity index is 1970. The zero-order valence-corrected chi connectivity index (χ0v) is 23.9. The third kappa shape index (κ3) is 2.96. The van der Waals surface area contributed by atoms with Crippen LogP contribution in [0.3, 0.4) is 0 Å². The molecule has 3 nitrogen and oxygen atoms in total. The van der Waals surface area contributed by atoms with Crippen molar-refractivity contribution < 1.29 is 0 Å². The van der Waals surface area contributed by atoms with Gasteiger partial charge in [-0.2, -0.15) is 0 Å². The number of fused-ring (bicyclic) bond motifs is 12. The summed E-state index contributed by atoms with van der Waals surface area (Å²) in [6, 6.07) is 29.2. The lowest BCUT2D eigenvalue weighted by Gasteiger charge is -2.34. The molecule has 1 atom stereocenters. The van der Waals surface area contributed by atoms with Gasteiger partial charge >= 0.3 is 0 Å². The summed E-state index contributed by atoms with van der Waals surface area (Å²) >= 11 is 1.98. The molecule has 1 spiro atoms. The molecule has 0 radical (unpaired) electrons. The van der Waals surface area contributed by atoms with Crippen molar-refractivity contribution in [2.75, 3.05) is 6.54 Å². The summed E-state index contributed by atoms with van der Waals surface area (Å²) in [5.74, 6) is 0. The number of hydrogen-bond acceptors (Lipinski definition) is 4. The highest BCUT2D eigenvalue weighted by Gasteiger charge is 2.54. The maximum Gasteiger partial charge on any atom is 0.0922 e. The van der Waals surface area contributed by atoms with Gasteiger partial charge in [0.25, 0.3) is 0 Å². The number of rotatable bonds is 3. The van der Waals surface area contributed by atoms with E-state index in [1.54, 1.807) is 0 Å². The lowest BCUT2D eigenvalue weighted by Crippen LogP contribution is -2.41. The molecule has 0 bridgehead atoms. The second kappa shape index (κ2) is 8.75. The first kappa shape index (κ1) is 24.1. The number of nitrogens with zero attached hydrogens (tertiary/aromatic N) is 1. The standard InChI is InChI=1S/C38H29N3S/c39-38(24-15-19-40-20-16-24,25-17-21-41-22-18-25)26-13-14-33-30(23-26)35-29-9-3-6-12-34(29)42-36(35)37(33)31-10-4-1-7-27(31)28-8-2-5-11-32(28)37/h1-2,4-8,10-21,23,41H,3,9,22,39H2. The highest BCUT2D eigenvalue weighted by Crippen LogP contribution is 2.66. The van der Waals surface area contributed by atoms with E-state index >= 15 is 0 Å². The number of aromatic nitrogens is 1. The second-order valence-electron chi connectivity index (χ2n) is 11.6. The van der Waals surface area contributed by atoms with E-state index in [1.165, 1.54) is 54.3 Å². The first-order valence-corrected chi connectivity index (χ1v) is 15.5. The molecule has 202 valence electrons. The minimum atomic E-state index is -0.812. The Hall–Kier alpha value is -4.51. The summed E-state index contributed by atoms with van der Waals surface area (Å²) in [5, 5.41) is 3.30. The minimum Gasteiger partial charge on any atom is -0.387 e. The van der Waals surface area contributed by atoms with Gasteiger partial charge in [0.2, 0.25) is 0 Å². The van der Waals surface area contributed by atoms with Gasteiger partial charge in [-0.1, -0.05) is 72.8 Å². The van der Waals surface area contributed by atoms with Crippen molar-refractivity contribution in [3.63, 3.8) is 0 Å². The fraction of sp³-hybridized carbons (Fsp3) is 0.132. The van der Waals surface area contributed by atoms with Crippen molar-refractivity contribution in [3.05, 3.63) is 164 Å². The second-order valence-corrected chi connectivity index (χ2v) is 12.7. The highest BCUT2D eigenvalue weighted by atomic mass is 32.1. The average molecular weight is 560 g/mol. The summed E-state index contributed by atoms with van der Waals surface area (Å²) in [6.45, 7) is 0.756. The molecule has 42 heavy (non-hydrogen) atoms. The van der Waals surface area contributed by atoms with Gasteiger partial charge in [-0.3, -0.25) is 4.98 Å². The lowest BCUT2D eigenvalue weighted by molar-refractivity contribution is 0.641. The fourth-order valence-electron chi connectivity index (χ4n) is 7.91. The smallest absolute Gasteiger partial charge is 0.0922 e. The Kier molecular flexibility index (Phi) is 5.02. The number of dihydropyridines is 1. The molecule has 3 heterocycles. The molecular formula is C38H29N3S. The Morgan fingerprint density at radius 2 is 1.55 bits per heavy atom. The van der Waals surface area contributed by atoms with Gasteiger partial charge in [-0.25, -0.2) is 0 Å². The molecule has 2 aromatic heterocycles. The highest BCUT2D eigenvalue weighted by molar-refractivity contribution is 7.14. The van der Waals surface area contributed by atoms with Crippen molar-refractivity contribution in [3.8, 4) is 22.3 Å². The fourth-order valence-corrected chi connectivity index (χ4v) is 9.44. The van der Waals surface area contributed by atoms with Crippen LogP contribution >= 0.6 is 11.3 Å².